The zero-order valence-electron chi connectivity index (χ0n) is 17.6. The molecule has 32 heavy (non-hydrogen) atoms. The summed E-state index contributed by atoms with van der Waals surface area (Å²) in [5, 5.41) is 9.39. The van der Waals surface area contributed by atoms with Gasteiger partial charge in [0.1, 0.15) is 5.75 Å². The summed E-state index contributed by atoms with van der Waals surface area (Å²) in [6, 6.07) is 14.7. The maximum absolute atomic E-state index is 13.2. The van der Waals surface area contributed by atoms with Crippen LogP contribution < -0.4 is 16.0 Å². The van der Waals surface area contributed by atoms with Crippen LogP contribution in [0.5, 0.6) is 5.75 Å². The summed E-state index contributed by atoms with van der Waals surface area (Å²) in [5.74, 6) is 1.69. The Labute approximate surface area is 186 Å². The van der Waals surface area contributed by atoms with Crippen molar-refractivity contribution in [2.45, 2.75) is 6.54 Å². The highest BCUT2D eigenvalue weighted by molar-refractivity contribution is 6.30. The van der Waals surface area contributed by atoms with Crippen molar-refractivity contribution in [1.29, 1.82) is 0 Å². The van der Waals surface area contributed by atoms with Gasteiger partial charge in [0.15, 0.2) is 17.0 Å². The third-order valence-corrected chi connectivity index (χ3v) is 5.83. The van der Waals surface area contributed by atoms with E-state index in [-0.39, 0.29) is 0 Å². The van der Waals surface area contributed by atoms with Crippen LogP contribution >= 0.6 is 11.6 Å². The molecule has 0 N–H and O–H groups in total. The molecule has 0 aliphatic heterocycles. The number of rotatable bonds is 4. The number of methoxy groups -OCH3 is 1. The molecule has 0 fully saturated rings. The van der Waals surface area contributed by atoms with E-state index < -0.39 is 11.2 Å². The Morgan fingerprint density at radius 3 is 2.28 bits per heavy atom. The lowest BCUT2D eigenvalue weighted by Gasteiger charge is -2.08. The molecule has 0 aliphatic rings. The fourth-order valence-electron chi connectivity index (χ4n) is 3.90. The lowest BCUT2D eigenvalue weighted by Crippen LogP contribution is -2.37. The largest absolute Gasteiger partial charge is 0.497 e. The number of nitrogens with zero attached hydrogens (tertiary/aromatic N) is 6. The molecule has 3 aromatic heterocycles. The minimum absolute atomic E-state index is 0.359. The van der Waals surface area contributed by atoms with Crippen LogP contribution in [0, 0.1) is 0 Å². The first-order valence-electron chi connectivity index (χ1n) is 9.83. The van der Waals surface area contributed by atoms with Crippen LogP contribution in [-0.4, -0.2) is 35.4 Å². The molecule has 0 bridgehead atoms. The molecule has 9 nitrogen and oxygen atoms in total. The van der Waals surface area contributed by atoms with Gasteiger partial charge in [-0.25, -0.2) is 9.20 Å². The van der Waals surface area contributed by atoms with Gasteiger partial charge >= 0.3 is 5.69 Å². The average molecular weight is 451 g/mol. The Bertz CT molecular complexity index is 1590. The highest BCUT2D eigenvalue weighted by Gasteiger charge is 2.24. The summed E-state index contributed by atoms with van der Waals surface area (Å²) in [6.07, 6.45) is 0. The van der Waals surface area contributed by atoms with E-state index in [4.69, 9.17) is 16.3 Å². The van der Waals surface area contributed by atoms with Crippen molar-refractivity contribution in [2.75, 3.05) is 7.11 Å². The van der Waals surface area contributed by atoms with E-state index >= 15 is 0 Å². The standard InChI is InChI=1S/C22H19ClN6O3/c1-26-19-17(20(30)27(2)22(26)31)28(12-13-4-8-15(23)9-5-13)21-25-24-18(29(19)21)14-6-10-16(32-3)11-7-14/h4-11H,12H2,1-3H3. The predicted molar refractivity (Wildman–Crippen MR) is 122 cm³/mol. The van der Waals surface area contributed by atoms with Crippen molar-refractivity contribution in [3.63, 3.8) is 0 Å². The van der Waals surface area contributed by atoms with Gasteiger partial charge in [-0.2, -0.15) is 0 Å². The van der Waals surface area contributed by atoms with Gasteiger partial charge < -0.3 is 4.74 Å². The maximum atomic E-state index is 13.2. The second-order valence-corrected chi connectivity index (χ2v) is 7.91. The minimum Gasteiger partial charge on any atom is -0.497 e. The molecule has 0 radical (unpaired) electrons. The highest BCUT2D eigenvalue weighted by Crippen LogP contribution is 2.26. The van der Waals surface area contributed by atoms with Crippen LogP contribution in [-0.2, 0) is 20.6 Å². The topological polar surface area (TPSA) is 88.3 Å². The molecule has 3 heterocycles. The fraction of sp³-hybridized carbons (Fsp3) is 0.182. The quantitative estimate of drug-likeness (QED) is 0.419. The van der Waals surface area contributed by atoms with E-state index in [9.17, 15) is 9.59 Å². The first kappa shape index (κ1) is 20.1. The number of ether oxygens (including phenoxy) is 1. The van der Waals surface area contributed by atoms with E-state index in [0.717, 1.165) is 15.7 Å². The van der Waals surface area contributed by atoms with Crippen LogP contribution in [0.2, 0.25) is 5.02 Å². The van der Waals surface area contributed by atoms with Crippen LogP contribution in [0.1, 0.15) is 5.56 Å². The second kappa shape index (κ2) is 7.38. The third-order valence-electron chi connectivity index (χ3n) is 5.58. The van der Waals surface area contributed by atoms with Crippen molar-refractivity contribution < 1.29 is 4.74 Å². The molecule has 0 saturated heterocycles. The molecule has 162 valence electrons. The van der Waals surface area contributed by atoms with E-state index in [1.165, 1.54) is 11.6 Å². The van der Waals surface area contributed by atoms with E-state index in [1.807, 2.05) is 36.4 Å². The molecular formula is C22H19ClN6O3. The number of imidazole rings is 1. The van der Waals surface area contributed by atoms with Gasteiger partial charge in [0.2, 0.25) is 5.78 Å². The summed E-state index contributed by atoms with van der Waals surface area (Å²) in [4.78, 5) is 25.9. The number of fused-ring (bicyclic) bond motifs is 3. The molecule has 2 aromatic carbocycles. The zero-order chi connectivity index (χ0) is 22.6. The van der Waals surface area contributed by atoms with Crippen LogP contribution in [0.4, 0.5) is 0 Å². The number of hydrogen-bond acceptors (Lipinski definition) is 5. The van der Waals surface area contributed by atoms with Crippen molar-refractivity contribution >= 4 is 28.5 Å². The Kier molecular flexibility index (Phi) is 4.63. The summed E-state index contributed by atoms with van der Waals surface area (Å²) in [7, 11) is 4.70. The summed E-state index contributed by atoms with van der Waals surface area (Å²) >= 11 is 6.03. The second-order valence-electron chi connectivity index (χ2n) is 7.48. The van der Waals surface area contributed by atoms with E-state index in [2.05, 4.69) is 10.2 Å². The first-order valence-corrected chi connectivity index (χ1v) is 10.2. The molecule has 5 aromatic rings. The minimum atomic E-state index is -0.428. The molecule has 0 atom stereocenters. The average Bonchev–Trinajstić information content (AvgIpc) is 3.37. The Balaban J connectivity index is 1.86. The maximum Gasteiger partial charge on any atom is 0.332 e. The van der Waals surface area contributed by atoms with Gasteiger partial charge in [-0.15, -0.1) is 10.2 Å². The van der Waals surface area contributed by atoms with Crippen LogP contribution in [0.3, 0.4) is 0 Å². The van der Waals surface area contributed by atoms with Gasteiger partial charge in [0.05, 0.1) is 13.7 Å². The summed E-state index contributed by atoms with van der Waals surface area (Å²) in [5.41, 5.74) is 1.67. The highest BCUT2D eigenvalue weighted by atomic mass is 35.5. The number of halogens is 1. The lowest BCUT2D eigenvalue weighted by atomic mass is 10.2. The molecule has 0 amide bonds. The Morgan fingerprint density at radius 1 is 0.938 bits per heavy atom. The number of benzene rings is 2. The lowest BCUT2D eigenvalue weighted by molar-refractivity contribution is 0.415. The number of aryl methyl sites for hydroxylation is 1. The van der Waals surface area contributed by atoms with Gasteiger partial charge in [-0.05, 0) is 42.0 Å². The van der Waals surface area contributed by atoms with Gasteiger partial charge in [0, 0.05) is 24.7 Å². The molecule has 0 saturated carbocycles. The first-order chi connectivity index (χ1) is 15.4. The van der Waals surface area contributed by atoms with Crippen LogP contribution in [0.25, 0.3) is 28.3 Å². The molecule has 10 heteroatoms. The van der Waals surface area contributed by atoms with Crippen molar-refractivity contribution in [1.82, 2.24) is 28.3 Å². The predicted octanol–water partition coefficient (Wildman–Crippen LogP) is 2.46. The van der Waals surface area contributed by atoms with Crippen molar-refractivity contribution in [2.24, 2.45) is 14.1 Å². The Morgan fingerprint density at radius 2 is 1.62 bits per heavy atom. The van der Waals surface area contributed by atoms with Crippen molar-refractivity contribution in [3.05, 3.63) is 80.0 Å². The normalized spacial score (nSPS) is 11.5. The van der Waals surface area contributed by atoms with Gasteiger partial charge in [-0.3, -0.25) is 18.5 Å². The van der Waals surface area contributed by atoms with Gasteiger partial charge in [-0.1, -0.05) is 23.7 Å². The molecule has 0 unspecified atom stereocenters. The molecule has 5 rings (SSSR count). The monoisotopic (exact) mass is 450 g/mol. The Hall–Kier alpha value is -3.85. The van der Waals surface area contributed by atoms with E-state index in [1.54, 1.807) is 35.3 Å². The van der Waals surface area contributed by atoms with Crippen molar-refractivity contribution in [3.8, 4) is 17.1 Å². The summed E-state index contributed by atoms with van der Waals surface area (Å²) < 4.78 is 11.3. The molecule has 0 spiro atoms. The number of hydrogen-bond donors (Lipinski definition) is 0. The van der Waals surface area contributed by atoms with Crippen LogP contribution in [0.15, 0.2) is 58.1 Å². The smallest absolute Gasteiger partial charge is 0.332 e. The molecular weight excluding hydrogens is 432 g/mol. The number of aromatic nitrogens is 6. The molecule has 0 aliphatic carbocycles. The van der Waals surface area contributed by atoms with E-state index in [0.29, 0.717) is 40.1 Å². The SMILES string of the molecule is COc1ccc(-c2nnc3n(Cc4ccc(Cl)cc4)c4c(=O)n(C)c(=O)n(C)c4n23)cc1. The fourth-order valence-corrected chi connectivity index (χ4v) is 4.03. The third kappa shape index (κ3) is 2.93. The van der Waals surface area contributed by atoms with Gasteiger partial charge in [0.25, 0.3) is 5.56 Å². The zero-order valence-corrected chi connectivity index (χ0v) is 18.4. The summed E-state index contributed by atoms with van der Waals surface area (Å²) in [6.45, 7) is 0.359.